The Morgan fingerprint density at radius 1 is 1.06 bits per heavy atom. The molecule has 0 saturated carbocycles. The van der Waals surface area contributed by atoms with E-state index in [-0.39, 0.29) is 5.91 Å². The van der Waals surface area contributed by atoms with Gasteiger partial charge in [0.2, 0.25) is 5.91 Å². The van der Waals surface area contributed by atoms with E-state index in [9.17, 15) is 4.79 Å². The predicted molar refractivity (Wildman–Crippen MR) is 137 cm³/mol. The molecule has 3 aromatic rings. The molecule has 0 bridgehead atoms. The maximum atomic E-state index is 12.4. The number of halogens is 1. The number of aryl methyl sites for hydroxylation is 2. The molecule has 7 heteroatoms. The van der Waals surface area contributed by atoms with Crippen molar-refractivity contribution in [2.75, 3.05) is 0 Å². The van der Waals surface area contributed by atoms with E-state index in [2.05, 4.69) is 53.6 Å². The molecule has 0 radical (unpaired) electrons. The van der Waals surface area contributed by atoms with Crippen LogP contribution >= 0.6 is 23.4 Å². The number of carbonyl (C=O) groups is 1. The Bertz CT molecular complexity index is 1070. The van der Waals surface area contributed by atoms with E-state index in [1.165, 1.54) is 30.4 Å². The van der Waals surface area contributed by atoms with E-state index in [4.69, 9.17) is 11.6 Å². The number of thioether (sulfide) groups is 1. The second kappa shape index (κ2) is 12.8. The zero-order chi connectivity index (χ0) is 23.6. The molecule has 176 valence electrons. The number of hydrogen-bond donors (Lipinski definition) is 1. The van der Waals surface area contributed by atoms with Gasteiger partial charge in [-0.15, -0.1) is 10.2 Å². The van der Waals surface area contributed by atoms with Gasteiger partial charge in [0.1, 0.15) is 0 Å². The third kappa shape index (κ3) is 7.61. The number of benzene rings is 2. The zero-order valence-corrected chi connectivity index (χ0v) is 21.3. The number of hydrogen-bond acceptors (Lipinski definition) is 4. The van der Waals surface area contributed by atoms with E-state index in [0.717, 1.165) is 35.0 Å². The Morgan fingerprint density at radius 2 is 1.88 bits per heavy atom. The lowest BCUT2D eigenvalue weighted by molar-refractivity contribution is -0.121. The first-order valence-electron chi connectivity index (χ1n) is 11.6. The highest BCUT2D eigenvalue weighted by Gasteiger charge is 2.17. The first-order chi connectivity index (χ1) is 16.0. The van der Waals surface area contributed by atoms with Gasteiger partial charge in [0.15, 0.2) is 11.0 Å². The number of nitrogens with one attached hydrogen (secondary N) is 1. The van der Waals surface area contributed by atoms with Gasteiger partial charge in [-0.05, 0) is 43.5 Å². The summed E-state index contributed by atoms with van der Waals surface area (Å²) in [6.45, 7) is 6.66. The number of carbonyl (C=O) groups excluding carboxylic acids is 1. The second-order valence-corrected chi connectivity index (χ2v) is 9.76. The van der Waals surface area contributed by atoms with Crippen LogP contribution in [0.15, 0.2) is 47.6 Å². The Hall–Kier alpha value is -2.31. The number of unbranched alkanes of at least 4 members (excludes halogenated alkanes) is 4. The minimum Gasteiger partial charge on any atom is -0.349 e. The van der Waals surface area contributed by atoms with Crippen LogP contribution in [0, 0.1) is 13.8 Å². The fraction of sp³-hybridized carbons (Fsp3) is 0.423. The smallest absolute Gasteiger partial charge is 0.220 e. The summed E-state index contributed by atoms with van der Waals surface area (Å²) in [6.07, 6.45) is 6.18. The van der Waals surface area contributed by atoms with Gasteiger partial charge in [0, 0.05) is 17.2 Å². The SMILES string of the molecule is CCCCCCCC(=O)NCc1nnc(SCc2cccc(C)c2)n1-c1cc(Cl)ccc1C. The van der Waals surface area contributed by atoms with Crippen LogP contribution < -0.4 is 5.32 Å². The van der Waals surface area contributed by atoms with Crippen LogP contribution in [0.1, 0.15) is 68.0 Å². The third-order valence-corrected chi connectivity index (χ3v) is 6.75. The van der Waals surface area contributed by atoms with E-state index in [1.807, 2.05) is 29.7 Å². The van der Waals surface area contributed by atoms with Crippen molar-refractivity contribution >= 4 is 29.3 Å². The quantitative estimate of drug-likeness (QED) is 0.226. The van der Waals surface area contributed by atoms with Crippen molar-refractivity contribution in [1.29, 1.82) is 0 Å². The molecule has 2 aromatic carbocycles. The maximum absolute atomic E-state index is 12.4. The van der Waals surface area contributed by atoms with Crippen molar-refractivity contribution in [2.24, 2.45) is 0 Å². The van der Waals surface area contributed by atoms with Gasteiger partial charge in [-0.2, -0.15) is 0 Å². The average Bonchev–Trinajstić information content (AvgIpc) is 3.20. The van der Waals surface area contributed by atoms with Crippen LogP contribution in [-0.4, -0.2) is 20.7 Å². The summed E-state index contributed by atoms with van der Waals surface area (Å²) in [5, 5.41) is 13.3. The zero-order valence-electron chi connectivity index (χ0n) is 19.7. The molecule has 0 aliphatic carbocycles. The van der Waals surface area contributed by atoms with Crippen LogP contribution in [0.5, 0.6) is 0 Å². The summed E-state index contributed by atoms with van der Waals surface area (Å²) >= 11 is 7.95. The molecule has 0 atom stereocenters. The molecule has 1 heterocycles. The van der Waals surface area contributed by atoms with Crippen molar-refractivity contribution in [3.8, 4) is 5.69 Å². The first-order valence-corrected chi connectivity index (χ1v) is 13.0. The molecule has 0 aliphatic heterocycles. The van der Waals surface area contributed by atoms with Crippen molar-refractivity contribution < 1.29 is 4.79 Å². The molecule has 0 fully saturated rings. The summed E-state index contributed by atoms with van der Waals surface area (Å²) in [5.41, 5.74) is 4.47. The lowest BCUT2D eigenvalue weighted by Crippen LogP contribution is -2.24. The molecule has 1 amide bonds. The molecule has 5 nitrogen and oxygen atoms in total. The first kappa shape index (κ1) is 25.3. The lowest BCUT2D eigenvalue weighted by Gasteiger charge is -2.14. The Balaban J connectivity index is 1.74. The van der Waals surface area contributed by atoms with Crippen LogP contribution in [0.3, 0.4) is 0 Å². The minimum absolute atomic E-state index is 0.0535. The summed E-state index contributed by atoms with van der Waals surface area (Å²) in [7, 11) is 0. The van der Waals surface area contributed by atoms with Crippen LogP contribution in [-0.2, 0) is 17.1 Å². The highest BCUT2D eigenvalue weighted by molar-refractivity contribution is 7.98. The molecule has 0 aliphatic rings. The largest absolute Gasteiger partial charge is 0.349 e. The van der Waals surface area contributed by atoms with Gasteiger partial charge in [0.05, 0.1) is 12.2 Å². The van der Waals surface area contributed by atoms with Crippen LogP contribution in [0.2, 0.25) is 5.02 Å². The molecular weight excluding hydrogens is 452 g/mol. The molecule has 0 unspecified atom stereocenters. The lowest BCUT2D eigenvalue weighted by atomic mass is 10.1. The fourth-order valence-corrected chi connectivity index (χ4v) is 4.75. The normalized spacial score (nSPS) is 11.0. The second-order valence-electron chi connectivity index (χ2n) is 8.38. The van der Waals surface area contributed by atoms with Gasteiger partial charge >= 0.3 is 0 Å². The molecule has 0 saturated heterocycles. The Morgan fingerprint density at radius 3 is 2.67 bits per heavy atom. The van der Waals surface area contributed by atoms with E-state index >= 15 is 0 Å². The summed E-state index contributed by atoms with van der Waals surface area (Å²) in [5.74, 6) is 1.54. The number of amides is 1. The Kier molecular flexibility index (Phi) is 9.82. The van der Waals surface area contributed by atoms with Gasteiger partial charge in [-0.1, -0.05) is 91.9 Å². The predicted octanol–water partition coefficient (Wildman–Crippen LogP) is 6.81. The van der Waals surface area contributed by atoms with E-state index in [0.29, 0.717) is 23.8 Å². The number of aromatic nitrogens is 3. The molecule has 0 spiro atoms. The van der Waals surface area contributed by atoms with Gasteiger partial charge in [0.25, 0.3) is 0 Å². The van der Waals surface area contributed by atoms with Crippen molar-refractivity contribution in [3.63, 3.8) is 0 Å². The third-order valence-electron chi connectivity index (χ3n) is 5.51. The molecule has 1 aromatic heterocycles. The van der Waals surface area contributed by atoms with Crippen molar-refractivity contribution in [2.45, 2.75) is 76.8 Å². The van der Waals surface area contributed by atoms with E-state index < -0.39 is 0 Å². The Labute approximate surface area is 206 Å². The standard InChI is InChI=1S/C26H33ClN4OS/c1-4-5-6-7-8-12-25(32)28-17-24-29-30-26(33-18-21-11-9-10-19(2)15-21)31(24)23-16-22(27)14-13-20(23)3/h9-11,13-16H,4-8,12,17-18H2,1-3H3,(H,28,32). The van der Waals surface area contributed by atoms with Gasteiger partial charge in [-0.3, -0.25) is 9.36 Å². The maximum Gasteiger partial charge on any atom is 0.220 e. The highest BCUT2D eigenvalue weighted by Crippen LogP contribution is 2.28. The minimum atomic E-state index is 0.0535. The highest BCUT2D eigenvalue weighted by atomic mass is 35.5. The summed E-state index contributed by atoms with van der Waals surface area (Å²) < 4.78 is 2.02. The van der Waals surface area contributed by atoms with E-state index in [1.54, 1.807) is 11.8 Å². The molecule has 33 heavy (non-hydrogen) atoms. The number of rotatable bonds is 12. The van der Waals surface area contributed by atoms with Crippen molar-refractivity contribution in [3.05, 3.63) is 70.0 Å². The van der Waals surface area contributed by atoms with Gasteiger partial charge in [-0.25, -0.2) is 0 Å². The summed E-state index contributed by atoms with van der Waals surface area (Å²) in [6, 6.07) is 14.3. The van der Waals surface area contributed by atoms with Crippen LogP contribution in [0.4, 0.5) is 0 Å². The van der Waals surface area contributed by atoms with Crippen molar-refractivity contribution in [1.82, 2.24) is 20.1 Å². The van der Waals surface area contributed by atoms with Gasteiger partial charge < -0.3 is 5.32 Å². The summed E-state index contributed by atoms with van der Waals surface area (Å²) in [4.78, 5) is 12.4. The molecular formula is C26H33ClN4OS. The number of nitrogens with zero attached hydrogens (tertiary/aromatic N) is 3. The van der Waals surface area contributed by atoms with Crippen LogP contribution in [0.25, 0.3) is 5.69 Å². The topological polar surface area (TPSA) is 59.8 Å². The monoisotopic (exact) mass is 484 g/mol. The average molecular weight is 485 g/mol. The molecule has 1 N–H and O–H groups in total. The fourth-order valence-electron chi connectivity index (χ4n) is 3.68. The molecule has 3 rings (SSSR count).